The van der Waals surface area contributed by atoms with Gasteiger partial charge in [-0.1, -0.05) is 13.8 Å². The first-order valence-electron chi connectivity index (χ1n) is 8.17. The highest BCUT2D eigenvalue weighted by atomic mass is 15.4. The van der Waals surface area contributed by atoms with Crippen molar-refractivity contribution in [2.24, 2.45) is 0 Å². The molecule has 6 nitrogen and oxygen atoms in total. The molecule has 0 amide bonds. The Kier molecular flexibility index (Phi) is 3.13. The second-order valence-corrected chi connectivity index (χ2v) is 6.64. The van der Waals surface area contributed by atoms with E-state index >= 15 is 0 Å². The summed E-state index contributed by atoms with van der Waals surface area (Å²) in [5, 5.41) is 8.82. The molecule has 0 N–H and O–H groups in total. The minimum absolute atomic E-state index is 0.190. The van der Waals surface area contributed by atoms with Gasteiger partial charge in [-0.05, 0) is 25.8 Å². The highest BCUT2D eigenvalue weighted by Gasteiger charge is 2.31. The topological polar surface area (TPSA) is 59.7 Å². The summed E-state index contributed by atoms with van der Waals surface area (Å²) in [6.07, 6.45) is 4.34. The van der Waals surface area contributed by atoms with Crippen LogP contribution in [0.1, 0.15) is 69.0 Å². The molecule has 4 rings (SSSR count). The molecule has 22 heavy (non-hydrogen) atoms. The Morgan fingerprint density at radius 3 is 2.73 bits per heavy atom. The predicted octanol–water partition coefficient (Wildman–Crippen LogP) is 2.65. The van der Waals surface area contributed by atoms with Crippen LogP contribution in [-0.2, 0) is 6.54 Å². The van der Waals surface area contributed by atoms with Gasteiger partial charge in [0.25, 0.3) is 0 Å². The summed E-state index contributed by atoms with van der Waals surface area (Å²) in [6, 6.07) is 2.20. The van der Waals surface area contributed by atoms with Crippen molar-refractivity contribution in [3.63, 3.8) is 0 Å². The lowest BCUT2D eigenvalue weighted by atomic mass is 10.1. The van der Waals surface area contributed by atoms with E-state index in [1.165, 1.54) is 12.8 Å². The molecule has 6 heteroatoms. The highest BCUT2D eigenvalue weighted by molar-refractivity contribution is 5.41. The van der Waals surface area contributed by atoms with Gasteiger partial charge in [-0.2, -0.15) is 0 Å². The molecule has 0 spiro atoms. The zero-order valence-corrected chi connectivity index (χ0v) is 13.4. The van der Waals surface area contributed by atoms with Crippen molar-refractivity contribution in [1.29, 1.82) is 0 Å². The smallest absolute Gasteiger partial charge is 0.155 e. The molecule has 1 aliphatic heterocycles. The summed E-state index contributed by atoms with van der Waals surface area (Å²) >= 11 is 0. The maximum Gasteiger partial charge on any atom is 0.155 e. The molecule has 1 aliphatic carbocycles. The molecule has 1 unspecified atom stereocenters. The van der Waals surface area contributed by atoms with Crippen molar-refractivity contribution in [2.75, 3.05) is 11.4 Å². The molecule has 1 fully saturated rings. The van der Waals surface area contributed by atoms with Crippen molar-refractivity contribution < 1.29 is 0 Å². The van der Waals surface area contributed by atoms with Crippen LogP contribution in [0.4, 0.5) is 5.82 Å². The lowest BCUT2D eigenvalue weighted by molar-refractivity contribution is 0.476. The second-order valence-electron chi connectivity index (χ2n) is 6.64. The minimum Gasteiger partial charge on any atom is -0.345 e. The lowest BCUT2D eigenvalue weighted by Crippen LogP contribution is -2.38. The van der Waals surface area contributed by atoms with E-state index in [0.29, 0.717) is 11.8 Å². The number of aromatic nitrogens is 5. The van der Waals surface area contributed by atoms with Crippen LogP contribution in [0.3, 0.4) is 0 Å². The molecular formula is C16H22N6. The minimum atomic E-state index is 0.190. The SMILES string of the molecule is CC(C)c1nnc2n1CCN(c1ccnc(C3CC3)n1)C2C. The van der Waals surface area contributed by atoms with Crippen LogP contribution in [0, 0.1) is 0 Å². The highest BCUT2D eigenvalue weighted by Crippen LogP contribution is 2.39. The van der Waals surface area contributed by atoms with E-state index in [2.05, 4.69) is 45.4 Å². The molecule has 1 atom stereocenters. The molecule has 0 radical (unpaired) electrons. The van der Waals surface area contributed by atoms with Crippen molar-refractivity contribution >= 4 is 5.82 Å². The van der Waals surface area contributed by atoms with Crippen LogP contribution in [0.15, 0.2) is 12.3 Å². The molecule has 1 saturated carbocycles. The van der Waals surface area contributed by atoms with Crippen LogP contribution >= 0.6 is 0 Å². The van der Waals surface area contributed by atoms with Gasteiger partial charge in [0.05, 0.1) is 6.04 Å². The Morgan fingerprint density at radius 2 is 2.00 bits per heavy atom. The first-order valence-corrected chi connectivity index (χ1v) is 8.17. The zero-order valence-electron chi connectivity index (χ0n) is 13.4. The number of hydrogen-bond donors (Lipinski definition) is 0. The Bertz CT molecular complexity index is 688. The maximum atomic E-state index is 4.78. The van der Waals surface area contributed by atoms with Gasteiger partial charge < -0.3 is 9.47 Å². The van der Waals surface area contributed by atoms with Gasteiger partial charge in [0.1, 0.15) is 17.5 Å². The van der Waals surface area contributed by atoms with Gasteiger partial charge in [0.2, 0.25) is 0 Å². The molecule has 0 saturated heterocycles. The third-order valence-corrected chi connectivity index (χ3v) is 4.63. The zero-order chi connectivity index (χ0) is 15.3. The van der Waals surface area contributed by atoms with E-state index in [1.54, 1.807) is 0 Å². The molecule has 3 heterocycles. The van der Waals surface area contributed by atoms with Crippen molar-refractivity contribution in [1.82, 2.24) is 24.7 Å². The fraction of sp³-hybridized carbons (Fsp3) is 0.625. The molecule has 2 aromatic heterocycles. The Labute approximate surface area is 130 Å². The molecule has 2 aromatic rings. The number of hydrogen-bond acceptors (Lipinski definition) is 5. The normalized spacial score (nSPS) is 21.3. The summed E-state index contributed by atoms with van der Waals surface area (Å²) < 4.78 is 2.27. The second kappa shape index (κ2) is 5.04. The number of anilines is 1. The first-order chi connectivity index (χ1) is 10.6. The van der Waals surface area contributed by atoms with Gasteiger partial charge in [-0.25, -0.2) is 9.97 Å². The molecule has 0 bridgehead atoms. The van der Waals surface area contributed by atoms with Crippen LogP contribution in [-0.4, -0.2) is 31.3 Å². The van der Waals surface area contributed by atoms with Crippen molar-refractivity contribution in [3.05, 3.63) is 29.7 Å². The lowest BCUT2D eigenvalue weighted by Gasteiger charge is -2.35. The van der Waals surface area contributed by atoms with Crippen molar-refractivity contribution in [2.45, 2.75) is 58.0 Å². The van der Waals surface area contributed by atoms with E-state index in [0.717, 1.165) is 36.4 Å². The summed E-state index contributed by atoms with van der Waals surface area (Å²) in [4.78, 5) is 11.5. The Balaban J connectivity index is 1.65. The van der Waals surface area contributed by atoms with Crippen LogP contribution in [0.25, 0.3) is 0 Å². The van der Waals surface area contributed by atoms with E-state index in [1.807, 2.05) is 12.3 Å². The quantitative estimate of drug-likeness (QED) is 0.872. The number of rotatable bonds is 3. The van der Waals surface area contributed by atoms with Gasteiger partial charge in [-0.15, -0.1) is 10.2 Å². The number of fused-ring (bicyclic) bond motifs is 1. The van der Waals surface area contributed by atoms with Gasteiger partial charge in [0, 0.05) is 31.1 Å². The standard InChI is InChI=1S/C16H22N6/c1-10(2)15-19-20-16-11(3)21(8-9-22(15)16)13-6-7-17-14(18-13)12-4-5-12/h6-7,10-12H,4-5,8-9H2,1-3H3. The van der Waals surface area contributed by atoms with Crippen LogP contribution in [0.5, 0.6) is 0 Å². The maximum absolute atomic E-state index is 4.78. The summed E-state index contributed by atoms with van der Waals surface area (Å²) in [5.41, 5.74) is 0. The molecule has 2 aliphatic rings. The fourth-order valence-corrected chi connectivity index (χ4v) is 3.21. The molecule has 116 valence electrons. The van der Waals surface area contributed by atoms with E-state index < -0.39 is 0 Å². The van der Waals surface area contributed by atoms with E-state index in [9.17, 15) is 0 Å². The van der Waals surface area contributed by atoms with E-state index in [4.69, 9.17) is 4.98 Å². The largest absolute Gasteiger partial charge is 0.345 e. The summed E-state index contributed by atoms with van der Waals surface area (Å²) in [5.74, 6) is 5.13. The van der Waals surface area contributed by atoms with Gasteiger partial charge in [-0.3, -0.25) is 0 Å². The van der Waals surface area contributed by atoms with Crippen LogP contribution < -0.4 is 4.90 Å². The number of nitrogens with zero attached hydrogens (tertiary/aromatic N) is 6. The average Bonchev–Trinajstić information content (AvgIpc) is 3.27. The van der Waals surface area contributed by atoms with Gasteiger partial charge in [0.15, 0.2) is 5.82 Å². The van der Waals surface area contributed by atoms with E-state index in [-0.39, 0.29) is 6.04 Å². The van der Waals surface area contributed by atoms with Gasteiger partial charge >= 0.3 is 0 Å². The Hall–Kier alpha value is -1.98. The average molecular weight is 298 g/mol. The predicted molar refractivity (Wildman–Crippen MR) is 83.9 cm³/mol. The van der Waals surface area contributed by atoms with Crippen molar-refractivity contribution in [3.8, 4) is 0 Å². The monoisotopic (exact) mass is 298 g/mol. The Morgan fingerprint density at radius 1 is 1.18 bits per heavy atom. The van der Waals surface area contributed by atoms with Crippen LogP contribution in [0.2, 0.25) is 0 Å². The summed E-state index contributed by atoms with van der Waals surface area (Å²) in [6.45, 7) is 8.38. The summed E-state index contributed by atoms with van der Waals surface area (Å²) in [7, 11) is 0. The molecular weight excluding hydrogens is 276 g/mol. The third kappa shape index (κ3) is 2.17. The fourth-order valence-electron chi connectivity index (χ4n) is 3.21. The molecule has 0 aromatic carbocycles. The third-order valence-electron chi connectivity index (χ3n) is 4.63. The first kappa shape index (κ1) is 13.7.